The van der Waals surface area contributed by atoms with Crippen LogP contribution in [0.2, 0.25) is 0 Å². The summed E-state index contributed by atoms with van der Waals surface area (Å²) in [6.07, 6.45) is 6.58. The molecule has 1 aromatic carbocycles. The number of benzene rings is 1. The summed E-state index contributed by atoms with van der Waals surface area (Å²) < 4.78 is 31.6. The van der Waals surface area contributed by atoms with Crippen molar-refractivity contribution in [2.24, 2.45) is 0 Å². The molecule has 0 radical (unpaired) electrons. The van der Waals surface area contributed by atoms with Crippen LogP contribution in [0, 0.1) is 5.82 Å². The number of rotatable bonds is 12. The average Bonchev–Trinajstić information content (AvgIpc) is 3.60. The number of aliphatic carboxylic acids is 1. The summed E-state index contributed by atoms with van der Waals surface area (Å²) in [5, 5.41) is 13.5. The van der Waals surface area contributed by atoms with Crippen LogP contribution in [-0.4, -0.2) is 72.6 Å². The molecule has 0 spiro atoms. The Hall–Kier alpha value is -2.59. The van der Waals surface area contributed by atoms with Crippen molar-refractivity contribution < 1.29 is 28.5 Å². The fourth-order valence-electron chi connectivity index (χ4n) is 5.58. The first-order chi connectivity index (χ1) is 18.6. The normalized spacial score (nSPS) is 22.2. The van der Waals surface area contributed by atoms with E-state index in [4.69, 9.17) is 19.2 Å². The van der Waals surface area contributed by atoms with Gasteiger partial charge in [-0.1, -0.05) is 12.1 Å². The maximum atomic E-state index is 14.2. The van der Waals surface area contributed by atoms with Gasteiger partial charge in [0, 0.05) is 38.5 Å². The molecule has 0 aliphatic carbocycles. The second-order valence-electron chi connectivity index (χ2n) is 10.5. The molecule has 1 aromatic heterocycles. The second-order valence-corrected chi connectivity index (χ2v) is 10.5. The molecule has 9 heteroatoms. The predicted octanol–water partition coefficient (Wildman–Crippen LogP) is 4.12. The largest absolute Gasteiger partial charge is 0.480 e. The summed E-state index contributed by atoms with van der Waals surface area (Å²) in [7, 11) is 0. The fourth-order valence-corrected chi connectivity index (χ4v) is 5.58. The number of aryl methyl sites for hydroxylation is 2. The first kappa shape index (κ1) is 27.0. The molecule has 0 amide bonds. The highest BCUT2D eigenvalue weighted by Gasteiger charge is 2.35. The first-order valence-electron chi connectivity index (χ1n) is 13.9. The van der Waals surface area contributed by atoms with Gasteiger partial charge in [0.25, 0.3) is 0 Å². The van der Waals surface area contributed by atoms with Gasteiger partial charge in [0.2, 0.25) is 0 Å². The van der Waals surface area contributed by atoms with Crippen molar-refractivity contribution in [1.29, 1.82) is 0 Å². The highest BCUT2D eigenvalue weighted by atomic mass is 19.1. The van der Waals surface area contributed by atoms with Crippen LogP contribution in [0.15, 0.2) is 30.3 Å². The molecule has 3 aliphatic heterocycles. The van der Waals surface area contributed by atoms with Crippen LogP contribution in [0.25, 0.3) is 0 Å². The molecular weight excluding hydrogens is 489 g/mol. The molecule has 206 valence electrons. The van der Waals surface area contributed by atoms with Crippen molar-refractivity contribution in [2.75, 3.05) is 44.8 Å². The molecule has 2 saturated heterocycles. The lowest BCUT2D eigenvalue weighted by Crippen LogP contribution is -2.34. The summed E-state index contributed by atoms with van der Waals surface area (Å²) in [5.41, 5.74) is 3.55. The monoisotopic (exact) mass is 527 g/mol. The number of nitrogens with one attached hydrogen (secondary N) is 1. The highest BCUT2D eigenvalue weighted by molar-refractivity contribution is 5.76. The molecule has 1 unspecified atom stereocenters. The maximum Gasteiger partial charge on any atom is 0.325 e. The quantitative estimate of drug-likeness (QED) is 0.398. The number of hydrogen-bond donors (Lipinski definition) is 2. The van der Waals surface area contributed by atoms with Gasteiger partial charge in [-0.25, -0.2) is 9.37 Å². The lowest BCUT2D eigenvalue weighted by molar-refractivity contribution is -0.143. The lowest BCUT2D eigenvalue weighted by Gasteiger charge is -2.27. The van der Waals surface area contributed by atoms with Crippen LogP contribution >= 0.6 is 0 Å². The molecule has 5 rings (SSSR count). The highest BCUT2D eigenvalue weighted by Crippen LogP contribution is 2.31. The Labute approximate surface area is 223 Å². The van der Waals surface area contributed by atoms with Gasteiger partial charge in [-0.05, 0) is 79.8 Å². The molecule has 2 fully saturated rings. The molecule has 0 bridgehead atoms. The van der Waals surface area contributed by atoms with Gasteiger partial charge in [0.05, 0.1) is 25.4 Å². The standard InChI is InChI=1S/C29H38FN3O5/c30-22-8-6-21(18-38-25-11-15-36-19-25)26(16-22)27(29(34)35)33-13-10-24(17-33)37-14-2-1-5-23-9-7-20-4-3-12-31-28(20)32-23/h6-9,16,24-25,27H,1-5,10-15,17-19H2,(H,31,32)(H,34,35)/t24-,25-,27?/m1/s1. The molecular formula is C29H38FN3O5. The van der Waals surface area contributed by atoms with Gasteiger partial charge >= 0.3 is 5.97 Å². The smallest absolute Gasteiger partial charge is 0.325 e. The van der Waals surface area contributed by atoms with E-state index in [9.17, 15) is 14.3 Å². The third-order valence-electron chi connectivity index (χ3n) is 7.67. The van der Waals surface area contributed by atoms with E-state index in [1.54, 1.807) is 6.07 Å². The van der Waals surface area contributed by atoms with Gasteiger partial charge in [-0.3, -0.25) is 9.69 Å². The number of fused-ring (bicyclic) bond motifs is 1. The van der Waals surface area contributed by atoms with Gasteiger partial charge < -0.3 is 24.6 Å². The predicted molar refractivity (Wildman–Crippen MR) is 141 cm³/mol. The number of carbonyl (C=O) groups is 1. The molecule has 4 heterocycles. The zero-order chi connectivity index (χ0) is 26.3. The van der Waals surface area contributed by atoms with Crippen molar-refractivity contribution in [3.63, 3.8) is 0 Å². The minimum absolute atomic E-state index is 0.0135. The van der Waals surface area contributed by atoms with Crippen LogP contribution in [0.4, 0.5) is 10.2 Å². The van der Waals surface area contributed by atoms with Crippen LogP contribution < -0.4 is 5.32 Å². The number of unbranched alkanes of at least 4 members (excludes halogenated alkanes) is 1. The number of carboxylic acids is 1. The lowest BCUT2D eigenvalue weighted by atomic mass is 9.99. The van der Waals surface area contributed by atoms with Crippen molar-refractivity contribution in [1.82, 2.24) is 9.88 Å². The van der Waals surface area contributed by atoms with Crippen LogP contribution in [0.5, 0.6) is 0 Å². The Morgan fingerprint density at radius 2 is 2.13 bits per heavy atom. The zero-order valence-corrected chi connectivity index (χ0v) is 21.9. The number of ether oxygens (including phenoxy) is 3. The molecule has 8 nitrogen and oxygen atoms in total. The Balaban J connectivity index is 1.11. The second kappa shape index (κ2) is 13.0. The van der Waals surface area contributed by atoms with Gasteiger partial charge in [-0.15, -0.1) is 0 Å². The third kappa shape index (κ3) is 6.88. The Kier molecular flexibility index (Phi) is 9.22. The van der Waals surface area contributed by atoms with Crippen molar-refractivity contribution in [3.8, 4) is 0 Å². The topological polar surface area (TPSA) is 93.2 Å². The van der Waals surface area contributed by atoms with E-state index < -0.39 is 17.8 Å². The van der Waals surface area contributed by atoms with E-state index in [0.717, 1.165) is 63.0 Å². The van der Waals surface area contributed by atoms with Crippen molar-refractivity contribution in [2.45, 2.75) is 69.8 Å². The number of anilines is 1. The molecule has 2 aromatic rings. The van der Waals surface area contributed by atoms with Gasteiger partial charge in [0.15, 0.2) is 0 Å². The number of likely N-dealkylation sites (tertiary alicyclic amines) is 1. The van der Waals surface area contributed by atoms with Crippen molar-refractivity contribution >= 4 is 11.8 Å². The fraction of sp³-hybridized carbons (Fsp3) is 0.586. The molecule has 38 heavy (non-hydrogen) atoms. The van der Waals surface area contributed by atoms with Crippen LogP contribution in [0.1, 0.15) is 60.5 Å². The van der Waals surface area contributed by atoms with Gasteiger partial charge in [-0.2, -0.15) is 0 Å². The van der Waals surface area contributed by atoms with E-state index >= 15 is 0 Å². The number of hydrogen-bond acceptors (Lipinski definition) is 7. The summed E-state index contributed by atoms with van der Waals surface area (Å²) in [6.45, 7) is 4.13. The minimum Gasteiger partial charge on any atom is -0.480 e. The number of halogens is 1. The molecule has 2 N–H and O–H groups in total. The molecule has 3 atom stereocenters. The van der Waals surface area contributed by atoms with E-state index in [0.29, 0.717) is 44.0 Å². The number of nitrogens with zero attached hydrogens (tertiary/aromatic N) is 2. The minimum atomic E-state index is -0.992. The summed E-state index contributed by atoms with van der Waals surface area (Å²) in [6, 6.07) is 7.70. The van der Waals surface area contributed by atoms with E-state index in [2.05, 4.69) is 17.4 Å². The average molecular weight is 528 g/mol. The van der Waals surface area contributed by atoms with E-state index in [-0.39, 0.29) is 18.8 Å². The Bertz CT molecular complexity index is 1090. The third-order valence-corrected chi connectivity index (χ3v) is 7.67. The van der Waals surface area contributed by atoms with Crippen molar-refractivity contribution in [3.05, 3.63) is 58.5 Å². The zero-order valence-electron chi connectivity index (χ0n) is 21.9. The molecule has 0 saturated carbocycles. The van der Waals surface area contributed by atoms with E-state index in [1.165, 1.54) is 17.7 Å². The van der Waals surface area contributed by atoms with E-state index in [1.807, 2.05) is 4.90 Å². The number of carboxylic acid groups (broad SMARTS) is 1. The first-order valence-corrected chi connectivity index (χ1v) is 13.9. The Morgan fingerprint density at radius 1 is 1.21 bits per heavy atom. The van der Waals surface area contributed by atoms with Crippen LogP contribution in [-0.2, 0) is 38.5 Å². The Morgan fingerprint density at radius 3 is 2.97 bits per heavy atom. The maximum absolute atomic E-state index is 14.2. The van der Waals surface area contributed by atoms with Crippen LogP contribution in [0.3, 0.4) is 0 Å². The van der Waals surface area contributed by atoms with Gasteiger partial charge in [0.1, 0.15) is 17.7 Å². The number of pyridine rings is 1. The summed E-state index contributed by atoms with van der Waals surface area (Å²) >= 11 is 0. The number of aromatic nitrogens is 1. The summed E-state index contributed by atoms with van der Waals surface area (Å²) in [5.74, 6) is -0.409. The SMILES string of the molecule is O=C(O)C(c1cc(F)ccc1CO[C@@H]1CCOC1)N1CC[C@@H](OCCCCc2ccc3c(n2)NCCC3)C1. The molecule has 3 aliphatic rings. The summed E-state index contributed by atoms with van der Waals surface area (Å²) in [4.78, 5) is 19.0.